The molecule has 470 valence electrons. The number of ether oxygens (including phenoxy) is 3. The van der Waals surface area contributed by atoms with E-state index in [-0.39, 0.29) is 31.1 Å². The van der Waals surface area contributed by atoms with Gasteiger partial charge < -0.3 is 14.2 Å². The van der Waals surface area contributed by atoms with E-state index in [9.17, 15) is 14.4 Å². The van der Waals surface area contributed by atoms with Gasteiger partial charge >= 0.3 is 17.9 Å². The molecule has 0 amide bonds. The third-order valence-electron chi connectivity index (χ3n) is 15.7. The van der Waals surface area contributed by atoms with Crippen molar-refractivity contribution in [2.45, 2.75) is 374 Å². The van der Waals surface area contributed by atoms with E-state index in [1.807, 2.05) is 0 Å². The minimum absolute atomic E-state index is 0.0735. The predicted molar refractivity (Wildman–Crippen MR) is 353 cm³/mol. The number of carbonyl (C=O) groups excluding carboxylic acids is 3. The lowest BCUT2D eigenvalue weighted by Crippen LogP contribution is -2.30. The molecule has 0 aliphatic carbocycles. The smallest absolute Gasteiger partial charge is 0.306 e. The average molecular weight is 1130 g/mol. The Labute approximate surface area is 503 Å². The van der Waals surface area contributed by atoms with Gasteiger partial charge in [0.15, 0.2) is 6.10 Å². The van der Waals surface area contributed by atoms with Crippen molar-refractivity contribution >= 4 is 17.9 Å². The van der Waals surface area contributed by atoms with Crippen molar-refractivity contribution in [3.63, 3.8) is 0 Å². The van der Waals surface area contributed by atoms with Crippen LogP contribution in [0.5, 0.6) is 0 Å². The van der Waals surface area contributed by atoms with Crippen LogP contribution in [0, 0.1) is 0 Å². The number of hydrogen-bond donors (Lipinski definition) is 0. The van der Waals surface area contributed by atoms with Gasteiger partial charge in [0, 0.05) is 19.3 Å². The highest BCUT2D eigenvalue weighted by Crippen LogP contribution is 2.18. The number of rotatable bonds is 65. The number of unbranched alkanes of at least 4 members (excludes halogenated alkanes) is 42. The molecule has 0 bridgehead atoms. The predicted octanol–water partition coefficient (Wildman–Crippen LogP) is 24.4. The lowest BCUT2D eigenvalue weighted by molar-refractivity contribution is -0.167. The molecule has 0 heterocycles. The van der Waals surface area contributed by atoms with Crippen LogP contribution in [0.4, 0.5) is 0 Å². The molecule has 0 aromatic rings. The number of allylic oxidation sites excluding steroid dienone is 12. The van der Waals surface area contributed by atoms with Gasteiger partial charge in [0.05, 0.1) is 0 Å². The number of esters is 3. The molecule has 0 saturated carbocycles. The normalized spacial score (nSPS) is 12.5. The molecule has 6 heteroatoms. The fourth-order valence-electron chi connectivity index (χ4n) is 10.4. The maximum absolute atomic E-state index is 12.9. The van der Waals surface area contributed by atoms with Crippen LogP contribution < -0.4 is 0 Å². The lowest BCUT2D eigenvalue weighted by atomic mass is 10.0. The summed E-state index contributed by atoms with van der Waals surface area (Å²) >= 11 is 0. The standard InChI is InChI=1S/C75H134O6/c1-4-7-10-13-16-19-21-23-25-27-29-31-33-35-36-37-38-40-41-43-45-47-49-51-53-56-59-62-65-68-74(77)80-71-72(70-79-73(76)67-64-61-58-55-18-15-12-9-6-3)81-75(78)69-66-63-60-57-54-52-50-48-46-44-42-39-34-32-30-28-26-24-22-20-17-14-11-8-5-2/h8,11,17,20,24,26-27,29-30,32,39,42,72H,4-7,9-10,12-16,18-19,21-23,25,28,31,33-38,40-41,43-71H2,1-3H3/b11-8-,20-17-,26-24-,29-27-,32-30-,42-39-. The summed E-state index contributed by atoms with van der Waals surface area (Å²) in [5.41, 5.74) is 0. The van der Waals surface area contributed by atoms with Crippen LogP contribution in [-0.4, -0.2) is 37.2 Å². The largest absolute Gasteiger partial charge is 0.462 e. The first kappa shape index (κ1) is 77.9. The van der Waals surface area contributed by atoms with Gasteiger partial charge in [0.1, 0.15) is 13.2 Å². The summed E-state index contributed by atoms with van der Waals surface area (Å²) in [4.78, 5) is 38.3. The van der Waals surface area contributed by atoms with Crippen molar-refractivity contribution in [2.24, 2.45) is 0 Å². The summed E-state index contributed by atoms with van der Waals surface area (Å²) in [6.45, 7) is 6.55. The monoisotopic (exact) mass is 1130 g/mol. The molecule has 0 spiro atoms. The Hall–Kier alpha value is -3.15. The Morgan fingerprint density at radius 2 is 0.481 bits per heavy atom. The van der Waals surface area contributed by atoms with E-state index in [1.54, 1.807) is 0 Å². The highest BCUT2D eigenvalue weighted by Gasteiger charge is 2.19. The molecule has 0 saturated heterocycles. The molecule has 0 aromatic heterocycles. The minimum atomic E-state index is -0.777. The van der Waals surface area contributed by atoms with Gasteiger partial charge in [-0.15, -0.1) is 0 Å². The summed E-state index contributed by atoms with van der Waals surface area (Å²) in [5.74, 6) is -0.863. The molecule has 1 atom stereocenters. The molecular weight excluding hydrogens is 997 g/mol. The molecule has 0 aliphatic rings. The van der Waals surface area contributed by atoms with Crippen molar-refractivity contribution in [3.8, 4) is 0 Å². The molecule has 81 heavy (non-hydrogen) atoms. The first-order valence-corrected chi connectivity index (χ1v) is 35.4. The third kappa shape index (κ3) is 67.5. The Morgan fingerprint density at radius 3 is 0.765 bits per heavy atom. The lowest BCUT2D eigenvalue weighted by Gasteiger charge is -2.18. The third-order valence-corrected chi connectivity index (χ3v) is 15.7. The molecule has 0 N–H and O–H groups in total. The van der Waals surface area contributed by atoms with Crippen molar-refractivity contribution in [2.75, 3.05) is 13.2 Å². The van der Waals surface area contributed by atoms with Crippen LogP contribution in [0.3, 0.4) is 0 Å². The first-order chi connectivity index (χ1) is 40.0. The summed E-state index contributed by atoms with van der Waals surface area (Å²) in [6.07, 6.45) is 90.9. The van der Waals surface area contributed by atoms with Gasteiger partial charge in [-0.2, -0.15) is 0 Å². The molecule has 1 unspecified atom stereocenters. The number of carbonyl (C=O) groups is 3. The summed E-state index contributed by atoms with van der Waals surface area (Å²) in [7, 11) is 0. The van der Waals surface area contributed by atoms with E-state index in [0.717, 1.165) is 96.3 Å². The van der Waals surface area contributed by atoms with Crippen molar-refractivity contribution in [1.29, 1.82) is 0 Å². The van der Waals surface area contributed by atoms with Gasteiger partial charge in [0.2, 0.25) is 0 Å². The van der Waals surface area contributed by atoms with Crippen LogP contribution in [0.1, 0.15) is 367 Å². The summed E-state index contributed by atoms with van der Waals surface area (Å²) in [5, 5.41) is 0. The van der Waals surface area contributed by atoms with E-state index >= 15 is 0 Å². The van der Waals surface area contributed by atoms with Gasteiger partial charge in [-0.1, -0.05) is 331 Å². The highest BCUT2D eigenvalue weighted by atomic mass is 16.6. The second-order valence-electron chi connectivity index (χ2n) is 23.8. The molecule has 0 fully saturated rings. The second-order valence-corrected chi connectivity index (χ2v) is 23.8. The fraction of sp³-hybridized carbons (Fsp3) is 0.800. The van der Waals surface area contributed by atoms with E-state index in [4.69, 9.17) is 14.2 Å². The number of hydrogen-bond acceptors (Lipinski definition) is 6. The topological polar surface area (TPSA) is 78.9 Å². The van der Waals surface area contributed by atoms with Gasteiger partial charge in [-0.25, -0.2) is 0 Å². The van der Waals surface area contributed by atoms with Crippen molar-refractivity contribution in [1.82, 2.24) is 0 Å². The van der Waals surface area contributed by atoms with Crippen molar-refractivity contribution < 1.29 is 28.6 Å². The zero-order valence-electron chi connectivity index (χ0n) is 54.1. The van der Waals surface area contributed by atoms with Gasteiger partial charge in [-0.3, -0.25) is 14.4 Å². The maximum Gasteiger partial charge on any atom is 0.306 e. The summed E-state index contributed by atoms with van der Waals surface area (Å²) in [6, 6.07) is 0. The van der Waals surface area contributed by atoms with Gasteiger partial charge in [0.25, 0.3) is 0 Å². The quantitative estimate of drug-likeness (QED) is 0.0261. The van der Waals surface area contributed by atoms with Crippen LogP contribution in [0.25, 0.3) is 0 Å². The second kappa shape index (κ2) is 69.3. The molecule has 0 rings (SSSR count). The molecule has 0 aliphatic heterocycles. The van der Waals surface area contributed by atoms with E-state index in [2.05, 4.69) is 93.7 Å². The van der Waals surface area contributed by atoms with Gasteiger partial charge in [-0.05, 0) is 89.9 Å². The molecule has 0 radical (unpaired) electrons. The Morgan fingerprint density at radius 1 is 0.259 bits per heavy atom. The fourth-order valence-corrected chi connectivity index (χ4v) is 10.4. The van der Waals surface area contributed by atoms with Crippen molar-refractivity contribution in [3.05, 3.63) is 72.9 Å². The van der Waals surface area contributed by atoms with Crippen LogP contribution in [0.15, 0.2) is 72.9 Å². The Bertz CT molecular complexity index is 1490. The Balaban J connectivity index is 4.13. The van der Waals surface area contributed by atoms with E-state index in [0.29, 0.717) is 19.3 Å². The van der Waals surface area contributed by atoms with Crippen LogP contribution in [-0.2, 0) is 28.6 Å². The molecular formula is C75H134O6. The average Bonchev–Trinajstić information content (AvgIpc) is 3.47. The zero-order valence-corrected chi connectivity index (χ0v) is 54.1. The molecule has 6 nitrogen and oxygen atoms in total. The maximum atomic E-state index is 12.9. The summed E-state index contributed by atoms with van der Waals surface area (Å²) < 4.78 is 16.9. The Kier molecular flexibility index (Phi) is 66.6. The SMILES string of the molecule is CC/C=C\C/C=C\C/C=C\C/C=C\C/C=C\CCCCCCCCCCCC(=O)OC(COC(=O)CCCCCCCCCCC)COC(=O)CCCCCCCCCCCCCCCCCCC/C=C\CCCCCCCCCC. The highest BCUT2D eigenvalue weighted by molar-refractivity contribution is 5.71. The molecule has 0 aromatic carbocycles. The minimum Gasteiger partial charge on any atom is -0.462 e. The van der Waals surface area contributed by atoms with Crippen LogP contribution >= 0.6 is 0 Å². The first-order valence-electron chi connectivity index (χ1n) is 35.4. The van der Waals surface area contributed by atoms with E-state index < -0.39 is 6.10 Å². The zero-order chi connectivity index (χ0) is 58.5. The van der Waals surface area contributed by atoms with E-state index in [1.165, 1.54) is 231 Å². The van der Waals surface area contributed by atoms with Crippen LogP contribution in [0.2, 0.25) is 0 Å².